The maximum absolute atomic E-state index is 11.7. The monoisotopic (exact) mass is 265 g/mol. The summed E-state index contributed by atoms with van der Waals surface area (Å²) in [6.07, 6.45) is 1.54. The van der Waals surface area contributed by atoms with Crippen LogP contribution in [0.15, 0.2) is 24.4 Å². The highest BCUT2D eigenvalue weighted by atomic mass is 35.5. The lowest BCUT2D eigenvalue weighted by molar-refractivity contribution is 0.0526. The Hall–Kier alpha value is -1.81. The molecule has 4 nitrogen and oxygen atoms in total. The molecular formula is C13H12ClNO3. The van der Waals surface area contributed by atoms with Crippen molar-refractivity contribution in [3.05, 3.63) is 35.0 Å². The van der Waals surface area contributed by atoms with Crippen molar-refractivity contribution in [3.8, 4) is 5.75 Å². The Morgan fingerprint density at radius 1 is 1.39 bits per heavy atom. The molecular weight excluding hydrogens is 254 g/mol. The molecule has 0 unspecified atom stereocenters. The number of pyridine rings is 1. The van der Waals surface area contributed by atoms with E-state index in [0.717, 1.165) is 5.39 Å². The minimum absolute atomic E-state index is 0.326. The fourth-order valence-electron chi connectivity index (χ4n) is 1.68. The third-order valence-electron chi connectivity index (χ3n) is 2.45. The van der Waals surface area contributed by atoms with Crippen LogP contribution in [-0.4, -0.2) is 24.7 Å². The topological polar surface area (TPSA) is 48.4 Å². The van der Waals surface area contributed by atoms with E-state index < -0.39 is 5.97 Å². The van der Waals surface area contributed by atoms with E-state index in [1.807, 2.05) is 0 Å². The lowest BCUT2D eigenvalue weighted by atomic mass is 10.1. The predicted octanol–water partition coefficient (Wildman–Crippen LogP) is 3.07. The number of halogens is 1. The molecule has 1 aromatic carbocycles. The molecule has 0 amide bonds. The molecule has 5 heteroatoms. The van der Waals surface area contributed by atoms with E-state index in [0.29, 0.717) is 28.5 Å². The predicted molar refractivity (Wildman–Crippen MR) is 69.3 cm³/mol. The van der Waals surface area contributed by atoms with E-state index in [-0.39, 0.29) is 0 Å². The lowest BCUT2D eigenvalue weighted by Crippen LogP contribution is -2.05. The van der Waals surface area contributed by atoms with Gasteiger partial charge in [0.25, 0.3) is 0 Å². The Bertz CT molecular complexity index is 598. The Morgan fingerprint density at radius 3 is 2.83 bits per heavy atom. The summed E-state index contributed by atoms with van der Waals surface area (Å²) in [6.45, 7) is 2.08. The fourth-order valence-corrected chi connectivity index (χ4v) is 1.84. The molecule has 2 aromatic rings. The molecule has 0 spiro atoms. The molecule has 94 valence electrons. The molecule has 2 rings (SSSR count). The Kier molecular flexibility index (Phi) is 3.67. The van der Waals surface area contributed by atoms with Crippen molar-refractivity contribution in [1.82, 2.24) is 4.98 Å². The zero-order valence-corrected chi connectivity index (χ0v) is 10.8. The van der Waals surface area contributed by atoms with Gasteiger partial charge in [0.2, 0.25) is 0 Å². The van der Waals surface area contributed by atoms with Crippen LogP contribution in [0.3, 0.4) is 0 Å². The molecule has 0 N–H and O–H groups in total. The lowest BCUT2D eigenvalue weighted by Gasteiger charge is -2.08. The number of esters is 1. The second-order valence-electron chi connectivity index (χ2n) is 3.62. The van der Waals surface area contributed by atoms with Gasteiger partial charge in [-0.05, 0) is 25.1 Å². The second-order valence-corrected chi connectivity index (χ2v) is 4.06. The smallest absolute Gasteiger partial charge is 0.338 e. The number of benzene rings is 1. The molecule has 0 bridgehead atoms. The van der Waals surface area contributed by atoms with Gasteiger partial charge >= 0.3 is 5.97 Å². The van der Waals surface area contributed by atoms with Crippen LogP contribution in [0.2, 0.25) is 5.02 Å². The first-order valence-corrected chi connectivity index (χ1v) is 5.84. The number of methoxy groups -OCH3 is 1. The van der Waals surface area contributed by atoms with Crippen molar-refractivity contribution in [2.75, 3.05) is 13.7 Å². The van der Waals surface area contributed by atoms with Crippen LogP contribution in [0.4, 0.5) is 0 Å². The molecule has 0 atom stereocenters. The number of carbonyl (C=O) groups excluding carboxylic acids is 1. The van der Waals surface area contributed by atoms with E-state index >= 15 is 0 Å². The highest BCUT2D eigenvalue weighted by Gasteiger charge is 2.12. The van der Waals surface area contributed by atoms with Crippen LogP contribution >= 0.6 is 11.6 Å². The fraction of sp³-hybridized carbons (Fsp3) is 0.231. The van der Waals surface area contributed by atoms with E-state index in [2.05, 4.69) is 4.98 Å². The van der Waals surface area contributed by atoms with Gasteiger partial charge in [0.15, 0.2) is 0 Å². The number of hydrogen-bond acceptors (Lipinski definition) is 4. The van der Waals surface area contributed by atoms with Gasteiger partial charge < -0.3 is 9.47 Å². The van der Waals surface area contributed by atoms with Gasteiger partial charge in [0, 0.05) is 11.6 Å². The number of nitrogens with zero attached hydrogens (tertiary/aromatic N) is 1. The van der Waals surface area contributed by atoms with E-state index in [4.69, 9.17) is 21.1 Å². The standard InChI is InChI=1S/C13H12ClNO3/c1-3-18-13(16)9-4-8-5-10(14)7-15-12(8)11(6-9)17-2/h4-7H,3H2,1-2H3. The van der Waals surface area contributed by atoms with Crippen LogP contribution in [0.5, 0.6) is 5.75 Å². The summed E-state index contributed by atoms with van der Waals surface area (Å²) >= 11 is 5.89. The molecule has 0 radical (unpaired) electrons. The Morgan fingerprint density at radius 2 is 2.17 bits per heavy atom. The van der Waals surface area contributed by atoms with Crippen molar-refractivity contribution >= 4 is 28.5 Å². The molecule has 0 aliphatic heterocycles. The molecule has 0 saturated heterocycles. The number of hydrogen-bond donors (Lipinski definition) is 0. The normalized spacial score (nSPS) is 10.4. The van der Waals surface area contributed by atoms with Crippen molar-refractivity contribution in [3.63, 3.8) is 0 Å². The first-order valence-electron chi connectivity index (χ1n) is 5.46. The van der Waals surface area contributed by atoms with Crippen LogP contribution < -0.4 is 4.74 Å². The first kappa shape index (κ1) is 12.6. The minimum atomic E-state index is -0.391. The van der Waals surface area contributed by atoms with Crippen LogP contribution in [-0.2, 0) is 4.74 Å². The molecule has 0 saturated carbocycles. The number of carbonyl (C=O) groups is 1. The molecule has 1 heterocycles. The zero-order chi connectivity index (χ0) is 13.1. The Balaban J connectivity index is 2.60. The Labute approximate surface area is 109 Å². The summed E-state index contributed by atoms with van der Waals surface area (Å²) in [5.74, 6) is 0.130. The van der Waals surface area contributed by atoms with E-state index in [9.17, 15) is 4.79 Å². The maximum atomic E-state index is 11.7. The summed E-state index contributed by atoms with van der Waals surface area (Å²) < 4.78 is 10.2. The average molecular weight is 266 g/mol. The van der Waals surface area contributed by atoms with Crippen molar-refractivity contribution in [2.24, 2.45) is 0 Å². The molecule has 1 aromatic heterocycles. The number of ether oxygens (including phenoxy) is 2. The molecule has 0 aliphatic rings. The van der Waals surface area contributed by atoms with Crippen molar-refractivity contribution in [2.45, 2.75) is 6.92 Å². The zero-order valence-electron chi connectivity index (χ0n) is 10.1. The van der Waals surface area contributed by atoms with Gasteiger partial charge in [-0.25, -0.2) is 4.79 Å². The summed E-state index contributed by atoms with van der Waals surface area (Å²) in [4.78, 5) is 15.9. The summed E-state index contributed by atoms with van der Waals surface area (Å²) in [5.41, 5.74) is 1.08. The highest BCUT2D eigenvalue weighted by Crippen LogP contribution is 2.27. The van der Waals surface area contributed by atoms with Gasteiger partial charge in [-0.3, -0.25) is 4.98 Å². The second kappa shape index (κ2) is 5.23. The third kappa shape index (κ3) is 2.38. The van der Waals surface area contributed by atoms with Gasteiger partial charge in [-0.2, -0.15) is 0 Å². The van der Waals surface area contributed by atoms with Crippen LogP contribution in [0.25, 0.3) is 10.9 Å². The number of aromatic nitrogens is 1. The van der Waals surface area contributed by atoms with Crippen LogP contribution in [0.1, 0.15) is 17.3 Å². The van der Waals surface area contributed by atoms with Crippen molar-refractivity contribution < 1.29 is 14.3 Å². The number of rotatable bonds is 3. The third-order valence-corrected chi connectivity index (χ3v) is 2.65. The van der Waals surface area contributed by atoms with Crippen LogP contribution in [0, 0.1) is 0 Å². The first-order chi connectivity index (χ1) is 8.65. The molecule has 0 aliphatic carbocycles. The largest absolute Gasteiger partial charge is 0.494 e. The minimum Gasteiger partial charge on any atom is -0.494 e. The summed E-state index contributed by atoms with van der Waals surface area (Å²) in [6, 6.07) is 5.03. The van der Waals surface area contributed by atoms with Gasteiger partial charge in [0.05, 0.1) is 24.3 Å². The summed E-state index contributed by atoms with van der Waals surface area (Å²) in [7, 11) is 1.53. The number of fused-ring (bicyclic) bond motifs is 1. The highest BCUT2D eigenvalue weighted by molar-refractivity contribution is 6.31. The van der Waals surface area contributed by atoms with Gasteiger partial charge in [-0.15, -0.1) is 0 Å². The maximum Gasteiger partial charge on any atom is 0.338 e. The quantitative estimate of drug-likeness (QED) is 0.800. The van der Waals surface area contributed by atoms with Gasteiger partial charge in [-0.1, -0.05) is 11.6 Å². The molecule has 0 fully saturated rings. The van der Waals surface area contributed by atoms with E-state index in [1.165, 1.54) is 13.3 Å². The molecule has 18 heavy (non-hydrogen) atoms. The SMILES string of the molecule is CCOC(=O)c1cc(OC)c2ncc(Cl)cc2c1. The summed E-state index contributed by atoms with van der Waals surface area (Å²) in [5, 5.41) is 1.25. The van der Waals surface area contributed by atoms with E-state index in [1.54, 1.807) is 25.1 Å². The van der Waals surface area contributed by atoms with Crippen molar-refractivity contribution in [1.29, 1.82) is 0 Å². The average Bonchev–Trinajstić information content (AvgIpc) is 2.37. The van der Waals surface area contributed by atoms with Gasteiger partial charge in [0.1, 0.15) is 11.3 Å².